The molecule has 0 aliphatic carbocycles. The van der Waals surface area contributed by atoms with E-state index in [0.29, 0.717) is 11.3 Å². The van der Waals surface area contributed by atoms with Crippen LogP contribution >= 0.6 is 0 Å². The molecule has 2 aromatic rings. The van der Waals surface area contributed by atoms with Gasteiger partial charge in [0.05, 0.1) is 18.1 Å². The standard InChI is InChI=1S/C17H15NO2/c1-12-3-4-15(9-13(12)2)10-17(19)20-16-7-5-14(11-18)6-8-16/h3-9H,10H2,1-2H3. The zero-order valence-electron chi connectivity index (χ0n) is 11.5. The third-order valence-corrected chi connectivity index (χ3v) is 3.13. The van der Waals surface area contributed by atoms with Crippen LogP contribution in [0.25, 0.3) is 0 Å². The number of hydrogen-bond acceptors (Lipinski definition) is 3. The molecule has 0 bridgehead atoms. The summed E-state index contributed by atoms with van der Waals surface area (Å²) in [6.07, 6.45) is 0.237. The largest absolute Gasteiger partial charge is 0.426 e. The molecule has 3 heteroatoms. The average Bonchev–Trinajstić information content (AvgIpc) is 2.44. The Morgan fingerprint density at radius 1 is 1.10 bits per heavy atom. The molecule has 0 amide bonds. The van der Waals surface area contributed by atoms with Crippen molar-refractivity contribution in [1.82, 2.24) is 0 Å². The van der Waals surface area contributed by atoms with E-state index in [9.17, 15) is 4.79 Å². The van der Waals surface area contributed by atoms with Gasteiger partial charge in [-0.1, -0.05) is 18.2 Å². The van der Waals surface area contributed by atoms with Gasteiger partial charge in [-0.25, -0.2) is 0 Å². The highest BCUT2D eigenvalue weighted by Crippen LogP contribution is 2.14. The van der Waals surface area contributed by atoms with Crippen LogP contribution < -0.4 is 4.74 Å². The fraction of sp³-hybridized carbons (Fsp3) is 0.176. The summed E-state index contributed by atoms with van der Waals surface area (Å²) in [6.45, 7) is 4.05. The van der Waals surface area contributed by atoms with Crippen molar-refractivity contribution in [2.75, 3.05) is 0 Å². The van der Waals surface area contributed by atoms with Gasteiger partial charge >= 0.3 is 5.97 Å². The van der Waals surface area contributed by atoms with Crippen LogP contribution in [0.2, 0.25) is 0 Å². The van der Waals surface area contributed by atoms with Crippen LogP contribution in [0.4, 0.5) is 0 Å². The third-order valence-electron chi connectivity index (χ3n) is 3.13. The van der Waals surface area contributed by atoms with Crippen molar-refractivity contribution in [2.45, 2.75) is 20.3 Å². The van der Waals surface area contributed by atoms with Gasteiger partial charge in [0.25, 0.3) is 0 Å². The number of benzene rings is 2. The minimum absolute atomic E-state index is 0.237. The lowest BCUT2D eigenvalue weighted by Gasteiger charge is -2.06. The maximum Gasteiger partial charge on any atom is 0.315 e. The number of carbonyl (C=O) groups is 1. The maximum atomic E-state index is 11.8. The summed E-state index contributed by atoms with van der Waals surface area (Å²) in [7, 11) is 0. The first-order valence-electron chi connectivity index (χ1n) is 6.35. The van der Waals surface area contributed by atoms with E-state index in [1.165, 1.54) is 5.56 Å². The first-order chi connectivity index (χ1) is 9.58. The van der Waals surface area contributed by atoms with Crippen LogP contribution in [0.15, 0.2) is 42.5 Å². The second kappa shape index (κ2) is 6.03. The lowest BCUT2D eigenvalue weighted by Crippen LogP contribution is -2.11. The van der Waals surface area contributed by atoms with E-state index in [1.807, 2.05) is 38.1 Å². The van der Waals surface area contributed by atoms with E-state index in [0.717, 1.165) is 11.1 Å². The molecular weight excluding hydrogens is 250 g/mol. The number of hydrogen-bond donors (Lipinski definition) is 0. The van der Waals surface area contributed by atoms with Gasteiger partial charge in [-0.15, -0.1) is 0 Å². The topological polar surface area (TPSA) is 50.1 Å². The first-order valence-corrected chi connectivity index (χ1v) is 6.35. The predicted octanol–water partition coefficient (Wildman–Crippen LogP) is 3.32. The number of aryl methyl sites for hydroxylation is 2. The molecule has 0 heterocycles. The van der Waals surface area contributed by atoms with Crippen LogP contribution in [0.5, 0.6) is 5.75 Å². The molecule has 0 fully saturated rings. The van der Waals surface area contributed by atoms with Gasteiger partial charge in [-0.05, 0) is 54.8 Å². The van der Waals surface area contributed by atoms with Gasteiger partial charge in [0.2, 0.25) is 0 Å². The van der Waals surface area contributed by atoms with Crippen molar-refractivity contribution in [3.8, 4) is 11.8 Å². The van der Waals surface area contributed by atoms with E-state index in [4.69, 9.17) is 10.00 Å². The number of esters is 1. The van der Waals surface area contributed by atoms with Gasteiger partial charge in [-0.2, -0.15) is 5.26 Å². The molecular formula is C17H15NO2. The molecule has 0 spiro atoms. The SMILES string of the molecule is Cc1ccc(CC(=O)Oc2ccc(C#N)cc2)cc1C. The summed E-state index contributed by atoms with van der Waals surface area (Å²) >= 11 is 0. The zero-order chi connectivity index (χ0) is 14.5. The Morgan fingerprint density at radius 3 is 2.40 bits per heavy atom. The molecule has 2 rings (SSSR count). The highest BCUT2D eigenvalue weighted by Gasteiger charge is 2.07. The monoisotopic (exact) mass is 265 g/mol. The fourth-order valence-electron chi connectivity index (χ4n) is 1.85. The Hall–Kier alpha value is -2.60. The van der Waals surface area contributed by atoms with E-state index in [2.05, 4.69) is 0 Å². The molecule has 0 atom stereocenters. The van der Waals surface area contributed by atoms with Crippen LogP contribution in [0.1, 0.15) is 22.3 Å². The van der Waals surface area contributed by atoms with Gasteiger partial charge in [0, 0.05) is 0 Å². The van der Waals surface area contributed by atoms with Crippen LogP contribution in [-0.2, 0) is 11.2 Å². The Morgan fingerprint density at radius 2 is 1.80 bits per heavy atom. The average molecular weight is 265 g/mol. The van der Waals surface area contributed by atoms with Crippen molar-refractivity contribution in [2.24, 2.45) is 0 Å². The highest BCUT2D eigenvalue weighted by molar-refractivity contribution is 5.75. The number of ether oxygens (including phenoxy) is 1. The number of nitrogens with zero attached hydrogens (tertiary/aromatic N) is 1. The Labute approximate surface area is 118 Å². The molecule has 0 saturated carbocycles. The molecule has 0 N–H and O–H groups in total. The Bertz CT molecular complexity index is 666. The van der Waals surface area contributed by atoms with Crippen molar-refractivity contribution in [3.05, 3.63) is 64.7 Å². The summed E-state index contributed by atoms with van der Waals surface area (Å²) in [5.74, 6) is 0.149. The molecule has 0 aliphatic rings. The van der Waals surface area contributed by atoms with Crippen molar-refractivity contribution < 1.29 is 9.53 Å². The quantitative estimate of drug-likeness (QED) is 0.632. The second-order valence-electron chi connectivity index (χ2n) is 4.71. The number of rotatable bonds is 3. The minimum Gasteiger partial charge on any atom is -0.426 e. The molecule has 3 nitrogen and oxygen atoms in total. The molecule has 20 heavy (non-hydrogen) atoms. The Balaban J connectivity index is 2.01. The van der Waals surface area contributed by atoms with E-state index < -0.39 is 0 Å². The van der Waals surface area contributed by atoms with E-state index >= 15 is 0 Å². The van der Waals surface area contributed by atoms with Crippen LogP contribution in [0.3, 0.4) is 0 Å². The van der Waals surface area contributed by atoms with Gasteiger partial charge in [0.15, 0.2) is 0 Å². The smallest absolute Gasteiger partial charge is 0.315 e. The third kappa shape index (κ3) is 3.46. The minimum atomic E-state index is -0.307. The van der Waals surface area contributed by atoms with E-state index in [1.54, 1.807) is 24.3 Å². The van der Waals surface area contributed by atoms with E-state index in [-0.39, 0.29) is 12.4 Å². The number of carbonyl (C=O) groups excluding carboxylic acids is 1. The normalized spacial score (nSPS) is 9.85. The van der Waals surface area contributed by atoms with Crippen molar-refractivity contribution >= 4 is 5.97 Å². The highest BCUT2D eigenvalue weighted by atomic mass is 16.5. The lowest BCUT2D eigenvalue weighted by molar-refractivity contribution is -0.133. The first kappa shape index (κ1) is 13.8. The van der Waals surface area contributed by atoms with Crippen molar-refractivity contribution in [1.29, 1.82) is 5.26 Å². The molecule has 2 aromatic carbocycles. The molecule has 100 valence electrons. The van der Waals surface area contributed by atoms with Crippen LogP contribution in [-0.4, -0.2) is 5.97 Å². The predicted molar refractivity (Wildman–Crippen MR) is 76.4 cm³/mol. The van der Waals surface area contributed by atoms with Gasteiger partial charge in [0.1, 0.15) is 5.75 Å². The molecule has 0 saturated heterocycles. The maximum absolute atomic E-state index is 11.8. The van der Waals surface area contributed by atoms with Gasteiger partial charge < -0.3 is 4.74 Å². The summed E-state index contributed by atoms with van der Waals surface area (Å²) in [4.78, 5) is 11.8. The zero-order valence-corrected chi connectivity index (χ0v) is 11.5. The summed E-state index contributed by atoms with van der Waals surface area (Å²) in [6, 6.07) is 14.4. The number of nitriles is 1. The van der Waals surface area contributed by atoms with Gasteiger partial charge in [-0.3, -0.25) is 4.79 Å². The summed E-state index contributed by atoms with van der Waals surface area (Å²) < 4.78 is 5.24. The lowest BCUT2D eigenvalue weighted by atomic mass is 10.0. The molecule has 0 radical (unpaired) electrons. The van der Waals surface area contributed by atoms with Crippen LogP contribution in [0, 0.1) is 25.2 Å². The molecule has 0 aliphatic heterocycles. The summed E-state index contributed by atoms with van der Waals surface area (Å²) in [5, 5.41) is 8.70. The fourth-order valence-corrected chi connectivity index (χ4v) is 1.85. The molecule has 0 aromatic heterocycles. The Kier molecular flexibility index (Phi) is 4.17. The second-order valence-corrected chi connectivity index (χ2v) is 4.71. The molecule has 0 unspecified atom stereocenters. The summed E-state index contributed by atoms with van der Waals surface area (Å²) in [5.41, 5.74) is 3.84. The van der Waals surface area contributed by atoms with Crippen molar-refractivity contribution in [3.63, 3.8) is 0 Å².